The highest BCUT2D eigenvalue weighted by Crippen LogP contribution is 2.29. The van der Waals surface area contributed by atoms with Gasteiger partial charge in [0.1, 0.15) is 0 Å². The average Bonchev–Trinajstić information content (AvgIpc) is 2.36. The fourth-order valence-corrected chi connectivity index (χ4v) is 1.72. The second-order valence-corrected chi connectivity index (χ2v) is 4.60. The molecule has 18 heavy (non-hydrogen) atoms. The molecule has 4 nitrogen and oxygen atoms in total. The van der Waals surface area contributed by atoms with E-state index >= 15 is 0 Å². The van der Waals surface area contributed by atoms with Crippen molar-refractivity contribution in [2.24, 2.45) is 0 Å². The summed E-state index contributed by atoms with van der Waals surface area (Å²) in [5.41, 5.74) is 0.480. The Morgan fingerprint density at radius 1 is 1.44 bits per heavy atom. The van der Waals surface area contributed by atoms with Crippen LogP contribution in [0.2, 0.25) is 10.0 Å². The van der Waals surface area contributed by atoms with E-state index in [9.17, 15) is 4.79 Å². The molecule has 0 aliphatic rings. The van der Waals surface area contributed by atoms with Gasteiger partial charge in [0.15, 0.2) is 0 Å². The van der Waals surface area contributed by atoms with Crippen molar-refractivity contribution >= 4 is 34.8 Å². The predicted molar refractivity (Wildman–Crippen MR) is 74.3 cm³/mol. The average molecular weight is 291 g/mol. The van der Waals surface area contributed by atoms with E-state index in [2.05, 4.69) is 10.6 Å². The summed E-state index contributed by atoms with van der Waals surface area (Å²) in [6.45, 7) is 2.04. The zero-order valence-corrected chi connectivity index (χ0v) is 11.6. The number of aliphatic hydroxyl groups excluding tert-OH is 1. The number of carbonyl (C=O) groups excluding carboxylic acids is 1. The quantitative estimate of drug-likeness (QED) is 0.753. The zero-order valence-electron chi connectivity index (χ0n) is 10.0. The monoisotopic (exact) mass is 290 g/mol. The van der Waals surface area contributed by atoms with Crippen LogP contribution in [0.4, 0.5) is 5.69 Å². The third-order valence-electron chi connectivity index (χ3n) is 2.49. The highest BCUT2D eigenvalue weighted by Gasteiger charge is 2.10. The van der Waals surface area contributed by atoms with E-state index in [1.807, 2.05) is 6.92 Å². The molecule has 0 aliphatic carbocycles. The van der Waals surface area contributed by atoms with Crippen molar-refractivity contribution in [3.8, 4) is 0 Å². The van der Waals surface area contributed by atoms with Crippen LogP contribution >= 0.6 is 23.2 Å². The van der Waals surface area contributed by atoms with Crippen molar-refractivity contribution in [1.82, 2.24) is 5.32 Å². The molecule has 0 spiro atoms. The van der Waals surface area contributed by atoms with E-state index < -0.39 is 0 Å². The lowest BCUT2D eigenvalue weighted by Gasteiger charge is -2.14. The van der Waals surface area contributed by atoms with Crippen molar-refractivity contribution in [2.75, 3.05) is 18.5 Å². The maximum atomic E-state index is 11.7. The first kappa shape index (κ1) is 15.2. The van der Waals surface area contributed by atoms with Gasteiger partial charge in [-0.3, -0.25) is 4.79 Å². The Morgan fingerprint density at radius 2 is 2.17 bits per heavy atom. The van der Waals surface area contributed by atoms with Gasteiger partial charge in [-0.15, -0.1) is 0 Å². The van der Waals surface area contributed by atoms with Gasteiger partial charge in [-0.1, -0.05) is 36.2 Å². The first-order valence-electron chi connectivity index (χ1n) is 5.66. The maximum absolute atomic E-state index is 11.7. The molecule has 1 amide bonds. The summed E-state index contributed by atoms with van der Waals surface area (Å²) in [5.74, 6) is -0.230. The van der Waals surface area contributed by atoms with Gasteiger partial charge < -0.3 is 15.7 Å². The van der Waals surface area contributed by atoms with E-state index in [4.69, 9.17) is 28.3 Å². The molecule has 1 atom stereocenters. The van der Waals surface area contributed by atoms with Crippen LogP contribution in [0.3, 0.4) is 0 Å². The number of carbonyl (C=O) groups is 1. The molecule has 100 valence electrons. The Bertz CT molecular complexity index is 409. The minimum absolute atomic E-state index is 0.00169. The van der Waals surface area contributed by atoms with Crippen molar-refractivity contribution in [2.45, 2.75) is 19.4 Å². The second kappa shape index (κ2) is 7.59. The van der Waals surface area contributed by atoms with Gasteiger partial charge in [0.2, 0.25) is 5.91 Å². The molecule has 0 saturated heterocycles. The smallest absolute Gasteiger partial charge is 0.238 e. The van der Waals surface area contributed by atoms with E-state index in [1.54, 1.807) is 18.2 Å². The summed E-state index contributed by atoms with van der Waals surface area (Å²) < 4.78 is 0. The molecule has 0 bridgehead atoms. The fraction of sp³-hybridized carbons (Fsp3) is 0.417. The largest absolute Gasteiger partial charge is 0.395 e. The zero-order chi connectivity index (χ0) is 13.5. The van der Waals surface area contributed by atoms with Gasteiger partial charge >= 0.3 is 0 Å². The summed E-state index contributed by atoms with van der Waals surface area (Å²) in [6.07, 6.45) is 0.752. The molecule has 0 aliphatic heterocycles. The lowest BCUT2D eigenvalue weighted by Crippen LogP contribution is -2.37. The van der Waals surface area contributed by atoms with E-state index in [0.29, 0.717) is 15.7 Å². The Morgan fingerprint density at radius 3 is 2.78 bits per heavy atom. The highest BCUT2D eigenvalue weighted by atomic mass is 35.5. The van der Waals surface area contributed by atoms with Gasteiger partial charge in [0, 0.05) is 6.04 Å². The molecule has 6 heteroatoms. The number of hydrogen-bond acceptors (Lipinski definition) is 3. The SMILES string of the molecule is CC[C@@H](CO)NCC(=O)Nc1cccc(Cl)c1Cl. The summed E-state index contributed by atoms with van der Waals surface area (Å²) in [7, 11) is 0. The summed E-state index contributed by atoms with van der Waals surface area (Å²) in [4.78, 5) is 11.7. The van der Waals surface area contributed by atoms with Crippen LogP contribution in [0.25, 0.3) is 0 Å². The first-order chi connectivity index (χ1) is 8.58. The number of amides is 1. The Hall–Kier alpha value is -0.810. The Kier molecular flexibility index (Phi) is 6.43. The van der Waals surface area contributed by atoms with Crippen molar-refractivity contribution < 1.29 is 9.90 Å². The Balaban J connectivity index is 2.52. The topological polar surface area (TPSA) is 61.4 Å². The molecule has 0 aromatic heterocycles. The van der Waals surface area contributed by atoms with Crippen LogP contribution in [0.1, 0.15) is 13.3 Å². The normalized spacial score (nSPS) is 12.2. The van der Waals surface area contributed by atoms with Crippen LogP contribution in [0.5, 0.6) is 0 Å². The molecule has 1 rings (SSSR count). The van der Waals surface area contributed by atoms with Gasteiger partial charge in [-0.2, -0.15) is 0 Å². The van der Waals surface area contributed by atoms with Gasteiger partial charge in [-0.05, 0) is 18.6 Å². The molecule has 0 unspecified atom stereocenters. The van der Waals surface area contributed by atoms with Crippen LogP contribution < -0.4 is 10.6 Å². The number of nitrogens with one attached hydrogen (secondary N) is 2. The lowest BCUT2D eigenvalue weighted by molar-refractivity contribution is -0.115. The first-order valence-corrected chi connectivity index (χ1v) is 6.42. The van der Waals surface area contributed by atoms with Crippen LogP contribution in [0, 0.1) is 0 Å². The number of halogens is 2. The Labute approximate surface area is 116 Å². The van der Waals surface area contributed by atoms with Gasteiger partial charge in [0.05, 0.1) is 28.9 Å². The van der Waals surface area contributed by atoms with E-state index in [-0.39, 0.29) is 25.1 Å². The number of hydrogen-bond donors (Lipinski definition) is 3. The van der Waals surface area contributed by atoms with Gasteiger partial charge in [-0.25, -0.2) is 0 Å². The highest BCUT2D eigenvalue weighted by molar-refractivity contribution is 6.43. The third kappa shape index (κ3) is 4.46. The minimum Gasteiger partial charge on any atom is -0.395 e. The van der Waals surface area contributed by atoms with Gasteiger partial charge in [0.25, 0.3) is 0 Å². The summed E-state index contributed by atoms with van der Waals surface area (Å²) in [6, 6.07) is 4.96. The maximum Gasteiger partial charge on any atom is 0.238 e. The molecular formula is C12H16Cl2N2O2. The van der Waals surface area contributed by atoms with Crippen LogP contribution in [0.15, 0.2) is 18.2 Å². The van der Waals surface area contributed by atoms with Crippen molar-refractivity contribution in [3.63, 3.8) is 0 Å². The van der Waals surface area contributed by atoms with E-state index in [1.165, 1.54) is 0 Å². The summed E-state index contributed by atoms with van der Waals surface area (Å²) >= 11 is 11.8. The van der Waals surface area contributed by atoms with Crippen molar-refractivity contribution in [1.29, 1.82) is 0 Å². The van der Waals surface area contributed by atoms with Crippen molar-refractivity contribution in [3.05, 3.63) is 28.2 Å². The standard InChI is InChI=1S/C12H16Cl2N2O2/c1-2-8(7-17)15-6-11(18)16-10-5-3-4-9(13)12(10)14/h3-5,8,15,17H,2,6-7H2,1H3,(H,16,18)/t8-/m0/s1. The van der Waals surface area contributed by atoms with Crippen LogP contribution in [-0.4, -0.2) is 30.2 Å². The number of aliphatic hydroxyl groups is 1. The number of benzene rings is 1. The molecule has 0 heterocycles. The molecule has 1 aromatic carbocycles. The third-order valence-corrected chi connectivity index (χ3v) is 3.31. The molecule has 0 fully saturated rings. The second-order valence-electron chi connectivity index (χ2n) is 3.82. The molecule has 1 aromatic rings. The molecular weight excluding hydrogens is 275 g/mol. The molecule has 3 N–H and O–H groups in total. The van der Waals surface area contributed by atoms with E-state index in [0.717, 1.165) is 6.42 Å². The predicted octanol–water partition coefficient (Wildman–Crippen LogP) is 2.29. The van der Waals surface area contributed by atoms with Crippen LogP contribution in [-0.2, 0) is 4.79 Å². The lowest BCUT2D eigenvalue weighted by atomic mass is 10.2. The number of rotatable bonds is 6. The fourth-order valence-electron chi connectivity index (χ4n) is 1.37. The minimum atomic E-state index is -0.230. The summed E-state index contributed by atoms with van der Waals surface area (Å²) in [5, 5.41) is 15.3. The molecule has 0 radical (unpaired) electrons. The molecule has 0 saturated carbocycles. The number of anilines is 1.